The first-order chi connectivity index (χ1) is 23.6. The Kier molecular flexibility index (Phi) is 8.24. The van der Waals surface area contributed by atoms with Crippen molar-refractivity contribution in [3.8, 4) is 0 Å². The summed E-state index contributed by atoms with van der Waals surface area (Å²) < 4.78 is 86.6. The molecule has 7 rings (SSSR count). The van der Waals surface area contributed by atoms with E-state index in [4.69, 9.17) is 0 Å². The molecule has 0 aliphatic carbocycles. The summed E-state index contributed by atoms with van der Waals surface area (Å²) in [6, 6.07) is 48.6. The minimum Gasteiger partial charge on any atom is -0.166 e. The molecule has 0 N–H and O–H groups in total. The van der Waals surface area contributed by atoms with Crippen LogP contribution in [0.25, 0.3) is 21.5 Å². The highest BCUT2D eigenvalue weighted by Gasteiger charge is 2.53. The molecule has 0 aromatic heterocycles. The lowest BCUT2D eigenvalue weighted by atomic mass is 9.89. The lowest BCUT2D eigenvalue weighted by Gasteiger charge is -2.36. The first-order valence-electron chi connectivity index (χ1n) is 15.7. The summed E-state index contributed by atoms with van der Waals surface area (Å²) in [6.07, 6.45) is -9.24. The maximum absolute atomic E-state index is 14.4. The van der Waals surface area contributed by atoms with Crippen LogP contribution < -0.4 is 10.4 Å². The summed E-state index contributed by atoms with van der Waals surface area (Å²) in [6.45, 7) is 0. The van der Waals surface area contributed by atoms with Crippen molar-refractivity contribution in [2.24, 2.45) is 0 Å². The molecule has 0 atom stereocenters. The van der Waals surface area contributed by atoms with Gasteiger partial charge in [-0.1, -0.05) is 146 Å². The molecule has 0 amide bonds. The Morgan fingerprint density at radius 2 is 0.633 bits per heavy atom. The van der Waals surface area contributed by atoms with Crippen LogP contribution >= 0.6 is 0 Å². The Hall–Kier alpha value is -5.40. The lowest BCUT2D eigenvalue weighted by Crippen LogP contribution is -2.59. The van der Waals surface area contributed by atoms with Gasteiger partial charge < -0.3 is 0 Å². The van der Waals surface area contributed by atoms with E-state index in [-0.39, 0.29) is 0 Å². The molecular weight excluding hydrogens is 647 g/mol. The largest absolute Gasteiger partial charge is 0.416 e. The summed E-state index contributed by atoms with van der Waals surface area (Å²) in [5, 5.41) is 3.02. The molecular formula is C42H28F6Si. The fourth-order valence-electron chi connectivity index (χ4n) is 7.08. The third-order valence-electron chi connectivity index (χ3n) is 9.00. The summed E-state index contributed by atoms with van der Waals surface area (Å²) in [4.78, 5) is 0. The molecule has 49 heavy (non-hydrogen) atoms. The van der Waals surface area contributed by atoms with Crippen LogP contribution in [-0.2, 0) is 12.4 Å². The van der Waals surface area contributed by atoms with Gasteiger partial charge in [-0.3, -0.25) is 0 Å². The predicted molar refractivity (Wildman–Crippen MR) is 187 cm³/mol. The Morgan fingerprint density at radius 3 is 0.959 bits per heavy atom. The van der Waals surface area contributed by atoms with Crippen LogP contribution in [-0.4, -0.2) is 8.07 Å². The SMILES string of the molecule is FC(F)(F)c1cccc(C2=C(c3ccccc3)C(c3ccccc3)=C(c3cccc(C(F)(F)F)c3)[Si]2(c2ccccc2)c2ccccc2)c1. The molecule has 6 aromatic carbocycles. The highest BCUT2D eigenvalue weighted by Crippen LogP contribution is 2.56. The average molecular weight is 675 g/mol. The molecule has 242 valence electrons. The van der Waals surface area contributed by atoms with Crippen molar-refractivity contribution in [2.75, 3.05) is 0 Å². The van der Waals surface area contributed by atoms with E-state index in [1.54, 1.807) is 12.1 Å². The fraction of sp³-hybridized carbons (Fsp3) is 0.0476. The predicted octanol–water partition coefficient (Wildman–Crippen LogP) is 10.6. The normalized spacial score (nSPS) is 14.7. The Bertz CT molecular complexity index is 2010. The van der Waals surface area contributed by atoms with Crippen LogP contribution in [0.1, 0.15) is 33.4 Å². The van der Waals surface area contributed by atoms with E-state index in [1.807, 2.05) is 121 Å². The maximum Gasteiger partial charge on any atom is 0.416 e. The van der Waals surface area contributed by atoms with Gasteiger partial charge in [-0.05, 0) is 78.4 Å². The summed E-state index contributed by atoms with van der Waals surface area (Å²) >= 11 is 0. The van der Waals surface area contributed by atoms with Crippen molar-refractivity contribution in [3.05, 3.63) is 203 Å². The smallest absolute Gasteiger partial charge is 0.166 e. The number of hydrogen-bond acceptors (Lipinski definition) is 0. The van der Waals surface area contributed by atoms with Gasteiger partial charge in [0.15, 0.2) is 8.07 Å². The molecule has 1 aliphatic heterocycles. The average Bonchev–Trinajstić information content (AvgIpc) is 3.45. The highest BCUT2D eigenvalue weighted by atomic mass is 28.3. The molecule has 1 heterocycles. The molecule has 0 spiro atoms. The van der Waals surface area contributed by atoms with Crippen LogP contribution in [0.4, 0.5) is 26.3 Å². The van der Waals surface area contributed by atoms with Crippen LogP contribution in [0.3, 0.4) is 0 Å². The van der Waals surface area contributed by atoms with Gasteiger partial charge in [-0.2, -0.15) is 26.3 Å². The molecule has 6 aromatic rings. The third-order valence-corrected chi connectivity index (χ3v) is 14.0. The molecule has 0 nitrogen and oxygen atoms in total. The van der Waals surface area contributed by atoms with Crippen LogP contribution in [0, 0.1) is 0 Å². The fourth-order valence-corrected chi connectivity index (χ4v) is 12.7. The minimum atomic E-state index is -4.62. The van der Waals surface area contributed by atoms with E-state index in [0.717, 1.165) is 33.6 Å². The molecule has 0 fully saturated rings. The number of alkyl halides is 6. The molecule has 7 heteroatoms. The van der Waals surface area contributed by atoms with E-state index < -0.39 is 31.6 Å². The highest BCUT2D eigenvalue weighted by molar-refractivity contribution is 7.29. The van der Waals surface area contributed by atoms with Crippen molar-refractivity contribution >= 4 is 40.0 Å². The second-order valence-corrected chi connectivity index (χ2v) is 15.5. The Balaban J connectivity index is 1.77. The standard InChI is InChI=1S/C42H28F6Si/c43-41(44,45)33-21-13-19-31(27-33)39-37(29-15-5-1-6-16-29)38(30-17-7-2-8-18-30)40(32-20-14-22-34(28-32)42(46,47)48)49(39,35-23-9-3-10-24-35)36-25-11-4-12-26-36/h1-28H. The summed E-state index contributed by atoms with van der Waals surface area (Å²) in [5.41, 5.74) is 2.01. The molecule has 0 unspecified atom stereocenters. The number of allylic oxidation sites excluding steroid dienone is 2. The van der Waals surface area contributed by atoms with Gasteiger partial charge in [0.1, 0.15) is 0 Å². The second kappa shape index (κ2) is 12.6. The zero-order valence-corrected chi connectivity index (χ0v) is 26.9. The van der Waals surface area contributed by atoms with E-state index in [2.05, 4.69) is 0 Å². The third kappa shape index (κ3) is 5.74. The first kappa shape index (κ1) is 32.2. The van der Waals surface area contributed by atoms with Gasteiger partial charge in [-0.25, -0.2) is 0 Å². The maximum atomic E-state index is 14.4. The van der Waals surface area contributed by atoms with Crippen molar-refractivity contribution in [3.63, 3.8) is 0 Å². The van der Waals surface area contributed by atoms with Gasteiger partial charge in [0, 0.05) is 0 Å². The zero-order valence-electron chi connectivity index (χ0n) is 25.9. The van der Waals surface area contributed by atoms with Gasteiger partial charge in [-0.15, -0.1) is 0 Å². The molecule has 0 saturated heterocycles. The minimum absolute atomic E-state index is 0.364. The van der Waals surface area contributed by atoms with E-state index >= 15 is 0 Å². The van der Waals surface area contributed by atoms with Crippen LogP contribution in [0.15, 0.2) is 170 Å². The summed E-state index contributed by atoms with van der Waals surface area (Å²) in [7, 11) is -3.76. The van der Waals surface area contributed by atoms with Gasteiger partial charge in [0.05, 0.1) is 11.1 Å². The van der Waals surface area contributed by atoms with Crippen LogP contribution in [0.5, 0.6) is 0 Å². The zero-order chi connectivity index (χ0) is 34.2. The first-order valence-corrected chi connectivity index (χ1v) is 17.7. The Morgan fingerprint density at radius 1 is 0.327 bits per heavy atom. The van der Waals surface area contributed by atoms with Crippen molar-refractivity contribution in [1.29, 1.82) is 0 Å². The molecule has 0 radical (unpaired) electrons. The van der Waals surface area contributed by atoms with Crippen LogP contribution in [0.2, 0.25) is 0 Å². The van der Waals surface area contributed by atoms with Crippen molar-refractivity contribution < 1.29 is 26.3 Å². The lowest BCUT2D eigenvalue weighted by molar-refractivity contribution is -0.138. The van der Waals surface area contributed by atoms with Crippen molar-refractivity contribution in [2.45, 2.75) is 12.4 Å². The van der Waals surface area contributed by atoms with E-state index in [0.29, 0.717) is 32.7 Å². The number of rotatable bonds is 6. The molecule has 0 bridgehead atoms. The monoisotopic (exact) mass is 674 g/mol. The summed E-state index contributed by atoms with van der Waals surface area (Å²) in [5.74, 6) is 0. The Labute approximate surface area is 281 Å². The number of hydrogen-bond donors (Lipinski definition) is 0. The second-order valence-electron chi connectivity index (χ2n) is 11.9. The number of benzene rings is 6. The van der Waals surface area contributed by atoms with Crippen molar-refractivity contribution in [1.82, 2.24) is 0 Å². The van der Waals surface area contributed by atoms with E-state index in [9.17, 15) is 26.3 Å². The molecule has 1 aliphatic rings. The van der Waals surface area contributed by atoms with Gasteiger partial charge in [0.2, 0.25) is 0 Å². The topological polar surface area (TPSA) is 0 Å². The van der Waals surface area contributed by atoms with Gasteiger partial charge >= 0.3 is 12.4 Å². The van der Waals surface area contributed by atoms with E-state index in [1.165, 1.54) is 24.3 Å². The molecule has 0 saturated carbocycles. The quantitative estimate of drug-likeness (QED) is 0.122. The van der Waals surface area contributed by atoms with Gasteiger partial charge in [0.25, 0.3) is 0 Å². The number of halogens is 6.